The molecule has 0 bridgehead atoms. The first-order valence-electron chi connectivity index (χ1n) is 3.89. The Morgan fingerprint density at radius 1 is 1.42 bits per heavy atom. The van der Waals surface area contributed by atoms with Crippen molar-refractivity contribution in [3.63, 3.8) is 0 Å². The second-order valence-corrected chi connectivity index (χ2v) is 2.87. The number of aryl methyl sites for hydroxylation is 1. The average molecular weight is 162 g/mol. The van der Waals surface area contributed by atoms with Crippen molar-refractivity contribution >= 4 is 17.7 Å². The van der Waals surface area contributed by atoms with Gasteiger partial charge in [0.05, 0.1) is 11.7 Å². The van der Waals surface area contributed by atoms with Gasteiger partial charge in [-0.05, 0) is 13.8 Å². The molecule has 0 amide bonds. The molecule has 1 aromatic rings. The molecule has 1 aliphatic rings. The zero-order chi connectivity index (χ0) is 8.55. The summed E-state index contributed by atoms with van der Waals surface area (Å²) < 4.78 is 0. The Morgan fingerprint density at radius 2 is 2.25 bits per heavy atom. The standard InChI is InChI=1S/C8H10N4/c1-5-3-9-7-6(2)10-4-11-8(7)12-5/h3-5H,1-2H3,(H,10,11,12)/t5-/m0/s1. The predicted molar refractivity (Wildman–Crippen MR) is 48.0 cm³/mol. The van der Waals surface area contributed by atoms with Gasteiger partial charge in [0.2, 0.25) is 0 Å². The second kappa shape index (κ2) is 2.55. The third-order valence-corrected chi connectivity index (χ3v) is 1.80. The van der Waals surface area contributed by atoms with Crippen LogP contribution in [-0.2, 0) is 0 Å². The van der Waals surface area contributed by atoms with Crippen LogP contribution >= 0.6 is 0 Å². The van der Waals surface area contributed by atoms with E-state index < -0.39 is 0 Å². The van der Waals surface area contributed by atoms with Gasteiger partial charge in [0.25, 0.3) is 0 Å². The molecule has 0 aliphatic carbocycles. The highest BCUT2D eigenvalue weighted by molar-refractivity contribution is 5.81. The predicted octanol–water partition coefficient (Wildman–Crippen LogP) is 1.30. The zero-order valence-electron chi connectivity index (χ0n) is 7.07. The molecular weight excluding hydrogens is 152 g/mol. The highest BCUT2D eigenvalue weighted by Crippen LogP contribution is 2.27. The van der Waals surface area contributed by atoms with Crippen LogP contribution in [0, 0.1) is 6.92 Å². The van der Waals surface area contributed by atoms with E-state index in [9.17, 15) is 0 Å². The van der Waals surface area contributed by atoms with E-state index in [2.05, 4.69) is 20.3 Å². The summed E-state index contributed by atoms with van der Waals surface area (Å²) in [5, 5.41) is 3.20. The van der Waals surface area contributed by atoms with Crippen molar-refractivity contribution in [1.82, 2.24) is 9.97 Å². The smallest absolute Gasteiger partial charge is 0.156 e. The summed E-state index contributed by atoms with van der Waals surface area (Å²) in [4.78, 5) is 12.4. The third-order valence-electron chi connectivity index (χ3n) is 1.80. The summed E-state index contributed by atoms with van der Waals surface area (Å²) in [5.74, 6) is 0.831. The van der Waals surface area contributed by atoms with Crippen molar-refractivity contribution in [2.45, 2.75) is 19.9 Å². The van der Waals surface area contributed by atoms with Crippen LogP contribution in [0.4, 0.5) is 11.5 Å². The lowest BCUT2D eigenvalue weighted by Crippen LogP contribution is -2.20. The Labute approximate surface area is 70.8 Å². The van der Waals surface area contributed by atoms with E-state index in [1.54, 1.807) is 6.33 Å². The number of anilines is 1. The van der Waals surface area contributed by atoms with Crippen LogP contribution in [0.2, 0.25) is 0 Å². The van der Waals surface area contributed by atoms with Gasteiger partial charge in [0.15, 0.2) is 5.82 Å². The summed E-state index contributed by atoms with van der Waals surface area (Å²) in [5.41, 5.74) is 1.77. The Bertz CT molecular complexity index is 332. The molecule has 12 heavy (non-hydrogen) atoms. The van der Waals surface area contributed by atoms with Crippen molar-refractivity contribution in [2.75, 3.05) is 5.32 Å². The molecule has 0 radical (unpaired) electrons. The van der Waals surface area contributed by atoms with Gasteiger partial charge in [-0.15, -0.1) is 0 Å². The average Bonchev–Trinajstić information content (AvgIpc) is 2.04. The minimum absolute atomic E-state index is 0.256. The normalized spacial score (nSPS) is 20.0. The summed E-state index contributed by atoms with van der Waals surface area (Å²) in [6.45, 7) is 3.96. The summed E-state index contributed by atoms with van der Waals surface area (Å²) in [6.07, 6.45) is 3.41. The molecule has 2 rings (SSSR count). The first-order valence-corrected chi connectivity index (χ1v) is 3.89. The van der Waals surface area contributed by atoms with Gasteiger partial charge in [-0.3, -0.25) is 4.99 Å². The van der Waals surface area contributed by atoms with E-state index in [4.69, 9.17) is 0 Å². The van der Waals surface area contributed by atoms with Crippen LogP contribution < -0.4 is 5.32 Å². The monoisotopic (exact) mass is 162 g/mol. The highest BCUT2D eigenvalue weighted by atomic mass is 15.1. The topological polar surface area (TPSA) is 50.2 Å². The first kappa shape index (κ1) is 7.21. The molecule has 4 heteroatoms. The lowest BCUT2D eigenvalue weighted by molar-refractivity contribution is 0.993. The molecule has 0 spiro atoms. The first-order chi connectivity index (χ1) is 5.77. The molecule has 0 fully saturated rings. The van der Waals surface area contributed by atoms with Crippen molar-refractivity contribution in [3.8, 4) is 0 Å². The van der Waals surface area contributed by atoms with E-state index in [1.165, 1.54) is 0 Å². The van der Waals surface area contributed by atoms with E-state index in [0.29, 0.717) is 0 Å². The number of hydrogen-bond acceptors (Lipinski definition) is 4. The zero-order valence-corrected chi connectivity index (χ0v) is 7.07. The largest absolute Gasteiger partial charge is 0.361 e. The second-order valence-electron chi connectivity index (χ2n) is 2.87. The molecule has 0 saturated carbocycles. The molecule has 4 nitrogen and oxygen atoms in total. The Balaban J connectivity index is 2.53. The number of nitrogens with zero attached hydrogens (tertiary/aromatic N) is 3. The maximum absolute atomic E-state index is 4.26. The van der Waals surface area contributed by atoms with Gasteiger partial charge in [-0.25, -0.2) is 9.97 Å². The summed E-state index contributed by atoms with van der Waals surface area (Å²) in [7, 11) is 0. The summed E-state index contributed by atoms with van der Waals surface area (Å²) in [6, 6.07) is 0.256. The Kier molecular flexibility index (Phi) is 1.53. The fourth-order valence-electron chi connectivity index (χ4n) is 1.17. The lowest BCUT2D eigenvalue weighted by Gasteiger charge is -2.16. The maximum Gasteiger partial charge on any atom is 0.156 e. The molecule has 1 aromatic heterocycles. The van der Waals surface area contributed by atoms with Crippen molar-refractivity contribution in [3.05, 3.63) is 12.0 Å². The fraction of sp³-hybridized carbons (Fsp3) is 0.375. The van der Waals surface area contributed by atoms with Gasteiger partial charge in [-0.2, -0.15) is 0 Å². The molecular formula is C8H10N4. The quantitative estimate of drug-likeness (QED) is 0.625. The number of rotatable bonds is 0. The van der Waals surface area contributed by atoms with E-state index >= 15 is 0 Å². The molecule has 0 saturated heterocycles. The molecule has 62 valence electrons. The number of aromatic nitrogens is 2. The van der Waals surface area contributed by atoms with Crippen molar-refractivity contribution < 1.29 is 0 Å². The van der Waals surface area contributed by atoms with E-state index in [0.717, 1.165) is 17.2 Å². The Morgan fingerprint density at radius 3 is 3.08 bits per heavy atom. The third kappa shape index (κ3) is 1.05. The van der Waals surface area contributed by atoms with Gasteiger partial charge in [-0.1, -0.05) is 0 Å². The van der Waals surface area contributed by atoms with Crippen LogP contribution in [-0.4, -0.2) is 22.2 Å². The van der Waals surface area contributed by atoms with Gasteiger partial charge in [0.1, 0.15) is 12.0 Å². The number of nitrogens with one attached hydrogen (secondary N) is 1. The molecule has 1 atom stereocenters. The van der Waals surface area contributed by atoms with Crippen LogP contribution in [0.15, 0.2) is 11.3 Å². The van der Waals surface area contributed by atoms with Gasteiger partial charge < -0.3 is 5.32 Å². The molecule has 1 N–H and O–H groups in total. The maximum atomic E-state index is 4.26. The van der Waals surface area contributed by atoms with Gasteiger partial charge in [0, 0.05) is 6.21 Å². The number of aliphatic imine (C=N–C) groups is 1. The summed E-state index contributed by atoms with van der Waals surface area (Å²) >= 11 is 0. The molecule has 1 aliphatic heterocycles. The van der Waals surface area contributed by atoms with Gasteiger partial charge >= 0.3 is 0 Å². The fourth-order valence-corrected chi connectivity index (χ4v) is 1.17. The van der Waals surface area contributed by atoms with E-state index in [-0.39, 0.29) is 6.04 Å². The van der Waals surface area contributed by atoms with Crippen LogP contribution in [0.3, 0.4) is 0 Å². The number of hydrogen-bond donors (Lipinski definition) is 1. The minimum atomic E-state index is 0.256. The lowest BCUT2D eigenvalue weighted by atomic mass is 10.2. The highest BCUT2D eigenvalue weighted by Gasteiger charge is 2.12. The van der Waals surface area contributed by atoms with Crippen molar-refractivity contribution in [2.24, 2.45) is 4.99 Å². The van der Waals surface area contributed by atoms with Crippen LogP contribution in [0.25, 0.3) is 0 Å². The molecule has 2 heterocycles. The van der Waals surface area contributed by atoms with Crippen LogP contribution in [0.5, 0.6) is 0 Å². The van der Waals surface area contributed by atoms with Crippen LogP contribution in [0.1, 0.15) is 12.6 Å². The van der Waals surface area contributed by atoms with Crippen molar-refractivity contribution in [1.29, 1.82) is 0 Å². The molecule has 0 unspecified atom stereocenters. The van der Waals surface area contributed by atoms with E-state index in [1.807, 2.05) is 20.1 Å². The number of fused-ring (bicyclic) bond motifs is 1. The molecule has 0 aromatic carbocycles. The minimum Gasteiger partial charge on any atom is -0.361 e. The Hall–Kier alpha value is -1.45. The SMILES string of the molecule is Cc1ncnc2c1N=C[C@H](C)N2.